The molecule has 0 saturated carbocycles. The Balaban J connectivity index is 1.55. The number of carbonyl (C=O) groups is 15. The number of aromatic nitrogens is 2. The van der Waals surface area contributed by atoms with Crippen molar-refractivity contribution in [2.24, 2.45) is 68.6 Å². The molecule has 0 aliphatic rings. The number of hydrogen-bond donors (Lipinski definition) is 22. The summed E-state index contributed by atoms with van der Waals surface area (Å²) in [4.78, 5) is 217. The number of benzene rings is 2. The van der Waals surface area contributed by atoms with Crippen molar-refractivity contribution in [3.05, 3.63) is 72.1 Å². The molecule has 38 nitrogen and oxygen atoms in total. The molecule has 0 saturated heterocycles. The van der Waals surface area contributed by atoms with E-state index < -0.39 is 186 Å². The largest absolute Gasteiger partial charge is 0.370 e. The van der Waals surface area contributed by atoms with Gasteiger partial charge in [0.15, 0.2) is 5.96 Å². The Hall–Kier alpha value is -11.3. The zero-order chi connectivity index (χ0) is 83.3. The predicted molar refractivity (Wildman–Crippen MR) is 419 cm³/mol. The van der Waals surface area contributed by atoms with Gasteiger partial charge in [-0.1, -0.05) is 84.4 Å². The molecule has 38 heteroatoms. The first kappa shape index (κ1) is 93.1. The average Bonchev–Trinajstić information content (AvgIpc) is 1.65. The summed E-state index contributed by atoms with van der Waals surface area (Å²) in [6.07, 6.45) is 3.98. The van der Waals surface area contributed by atoms with Gasteiger partial charge in [0, 0.05) is 66.9 Å². The number of fused-ring (bicyclic) bond motifs is 2. The van der Waals surface area contributed by atoms with Crippen molar-refractivity contribution < 1.29 is 71.9 Å². The van der Waals surface area contributed by atoms with E-state index in [4.69, 9.17) is 45.9 Å². The minimum atomic E-state index is -1.77. The number of hydrogen-bond acceptors (Lipinski definition) is 19. The average molecular weight is 1570 g/mol. The number of aliphatic imine (C=N–C) groups is 1. The van der Waals surface area contributed by atoms with Gasteiger partial charge in [-0.2, -0.15) is 0 Å². The summed E-state index contributed by atoms with van der Waals surface area (Å²) in [7, 11) is 0. The van der Waals surface area contributed by atoms with Crippen molar-refractivity contribution in [2.45, 2.75) is 218 Å². The van der Waals surface area contributed by atoms with Gasteiger partial charge in [0.2, 0.25) is 88.6 Å². The highest BCUT2D eigenvalue weighted by Crippen LogP contribution is 2.23. The number of para-hydroxylation sites is 2. The normalized spacial score (nSPS) is 14.5. The number of nitrogens with two attached hydrogens (primary N) is 8. The Labute approximate surface area is 650 Å². The lowest BCUT2D eigenvalue weighted by molar-refractivity contribution is -0.137. The molecule has 112 heavy (non-hydrogen) atoms. The fourth-order valence-electron chi connectivity index (χ4n) is 12.2. The number of H-pyrrole nitrogens is 2. The minimum absolute atomic E-state index is 0.0227. The third-order valence-electron chi connectivity index (χ3n) is 18.7. The van der Waals surface area contributed by atoms with E-state index in [0.29, 0.717) is 54.1 Å². The van der Waals surface area contributed by atoms with Crippen molar-refractivity contribution in [1.29, 1.82) is 0 Å². The van der Waals surface area contributed by atoms with Gasteiger partial charge in [0.05, 0.1) is 13.0 Å². The molecule has 0 radical (unpaired) electrons. The van der Waals surface area contributed by atoms with Gasteiger partial charge < -0.3 is 120 Å². The number of nitrogens with zero attached hydrogens (tertiary/aromatic N) is 1. The van der Waals surface area contributed by atoms with Crippen LogP contribution in [0.1, 0.15) is 149 Å². The molecular weight excluding hydrogens is 1450 g/mol. The molecule has 30 N–H and O–H groups in total. The van der Waals surface area contributed by atoms with Gasteiger partial charge in [-0.15, -0.1) is 0 Å². The highest BCUT2D eigenvalue weighted by Gasteiger charge is 2.39. The molecule has 4 rings (SSSR count). The highest BCUT2D eigenvalue weighted by molar-refractivity contribution is 6.01. The number of aromatic amines is 2. The van der Waals surface area contributed by atoms with Crippen LogP contribution in [0.5, 0.6) is 0 Å². The molecule has 618 valence electrons. The van der Waals surface area contributed by atoms with E-state index in [1.807, 2.05) is 18.2 Å². The number of primary amides is 3. The summed E-state index contributed by atoms with van der Waals surface area (Å²) >= 11 is 0. The Kier molecular flexibility index (Phi) is 39.7. The lowest BCUT2D eigenvalue weighted by Crippen LogP contribution is -2.61. The van der Waals surface area contributed by atoms with Gasteiger partial charge in [-0.25, -0.2) is 0 Å². The second-order valence-corrected chi connectivity index (χ2v) is 28.4. The highest BCUT2D eigenvalue weighted by atomic mass is 16.2. The molecule has 0 spiro atoms. The predicted octanol–water partition coefficient (Wildman–Crippen LogP) is -4.06. The molecule has 0 aliphatic carbocycles. The maximum absolute atomic E-state index is 14.8. The van der Waals surface area contributed by atoms with Crippen LogP contribution in [-0.2, 0) is 84.8 Å². The van der Waals surface area contributed by atoms with E-state index in [1.165, 1.54) is 6.92 Å². The van der Waals surface area contributed by atoms with Gasteiger partial charge in [0.1, 0.15) is 66.5 Å². The monoisotopic (exact) mass is 1570 g/mol. The Morgan fingerprint density at radius 3 is 1.23 bits per heavy atom. The standard InChI is InChI=1S/C74H117N23O15/c1-8-41(6)62(73(112)91-52(23-13-15-29-75)67(106)89-49(63(80)102)27-28-57(78)99)97-70(109)55(34-44-37-85-48-22-12-10-20-46(44)48)93-66(105)51(25-17-31-77)88-59(101)38-86-64(103)56(35-58(79)100)94-72(111)61(40(4)5)95-68(107)53(24-14-16-30-76)90-71(110)60(39(2)3)96-69(108)54(33-43-36-84-47-21-11-9-19-45(43)47)92-65(104)50(87-42(7)98)26-18-32-83-74(81)82/h9-12,19-22,36-37,39-41,49-56,60-62,84-85H,8,13-18,23-35,38,75-77H2,1-7H3,(H2,78,99)(H2,79,100)(H2,80,102)(H,86,103)(H,87,98)(H,88,101)(H,89,106)(H,90,110)(H,91,112)(H,92,104)(H,93,105)(H,94,111)(H,95,107)(H,96,108)(H,97,109)(H4,81,82,83)/t41-,49-,50-,51-,52-,53-,54-,55-,56-,60-,61-,62-/m0/s1. The zero-order valence-electron chi connectivity index (χ0n) is 64.9. The van der Waals surface area contributed by atoms with Gasteiger partial charge in [-0.05, 0) is 131 Å². The van der Waals surface area contributed by atoms with E-state index >= 15 is 0 Å². The first-order valence-electron chi connectivity index (χ1n) is 37.8. The van der Waals surface area contributed by atoms with Crippen LogP contribution in [0, 0.1) is 17.8 Å². The number of guanidine groups is 1. The SMILES string of the molecule is CC[C@H](C)[C@H](NC(=O)[C@H](Cc1c[nH]c2ccccc12)NC(=O)[C@H](CCCN)NC(=O)CNC(=O)[C@H](CC(N)=O)NC(=O)[C@@H](NC(=O)[C@H](CCCCN)NC(=O)[C@@H](NC(=O)[C@H](Cc1c[nH]c2ccccc12)NC(=O)[C@H](CCCN=C(N)N)NC(C)=O)C(C)C)C(C)C)C(=O)N[C@@H](CCCCN)C(=O)N[C@@H](CCC(N)=O)C(N)=O. The maximum atomic E-state index is 14.8. The molecule has 2 heterocycles. The molecule has 2 aromatic carbocycles. The first-order valence-corrected chi connectivity index (χ1v) is 37.8. The second kappa shape index (κ2) is 47.7. The van der Waals surface area contributed by atoms with Crippen molar-refractivity contribution in [3.63, 3.8) is 0 Å². The maximum Gasteiger partial charge on any atom is 0.243 e. The smallest absolute Gasteiger partial charge is 0.243 e. The van der Waals surface area contributed by atoms with E-state index in [1.54, 1.807) is 84.3 Å². The summed E-state index contributed by atoms with van der Waals surface area (Å²) in [5, 5.41) is 32.9. The zero-order valence-corrected chi connectivity index (χ0v) is 64.9. The van der Waals surface area contributed by atoms with E-state index in [-0.39, 0.29) is 96.3 Å². The Morgan fingerprint density at radius 1 is 0.411 bits per heavy atom. The van der Waals surface area contributed by atoms with Gasteiger partial charge >= 0.3 is 0 Å². The van der Waals surface area contributed by atoms with Crippen LogP contribution < -0.4 is 110 Å². The fraction of sp³-hybridized carbons (Fsp3) is 0.568. The lowest BCUT2D eigenvalue weighted by Gasteiger charge is -2.29. The molecule has 0 aliphatic heterocycles. The number of unbranched alkanes of at least 4 members (excludes halogenated alkanes) is 2. The van der Waals surface area contributed by atoms with Crippen LogP contribution in [0.4, 0.5) is 0 Å². The number of amides is 15. The van der Waals surface area contributed by atoms with Crippen LogP contribution in [0.15, 0.2) is 65.9 Å². The molecule has 15 amide bonds. The third kappa shape index (κ3) is 31.2. The topological polar surface area (TPSA) is 653 Å². The fourth-order valence-corrected chi connectivity index (χ4v) is 12.2. The van der Waals surface area contributed by atoms with Crippen LogP contribution in [0.25, 0.3) is 21.8 Å². The van der Waals surface area contributed by atoms with Crippen LogP contribution >= 0.6 is 0 Å². The molecule has 0 bridgehead atoms. The lowest BCUT2D eigenvalue weighted by atomic mass is 9.96. The third-order valence-corrected chi connectivity index (χ3v) is 18.7. The Morgan fingerprint density at radius 2 is 0.804 bits per heavy atom. The van der Waals surface area contributed by atoms with Crippen molar-refractivity contribution >= 4 is 116 Å². The number of rotatable bonds is 52. The summed E-state index contributed by atoms with van der Waals surface area (Å²) in [5.74, 6) is -15.1. The summed E-state index contributed by atoms with van der Waals surface area (Å²) in [6.45, 7) is 10.8. The molecule has 0 fully saturated rings. The quantitative estimate of drug-likeness (QED) is 0.0114. The summed E-state index contributed by atoms with van der Waals surface area (Å²) in [5.41, 5.74) is 47.5. The Bertz CT molecular complexity index is 3890. The van der Waals surface area contributed by atoms with Gasteiger partial charge in [-0.3, -0.25) is 76.9 Å². The second-order valence-electron chi connectivity index (χ2n) is 28.4. The number of nitrogens with one attached hydrogen (secondary N) is 14. The molecular formula is C74H117N23O15. The van der Waals surface area contributed by atoms with Crippen molar-refractivity contribution in [3.8, 4) is 0 Å². The summed E-state index contributed by atoms with van der Waals surface area (Å²) in [6, 6.07) is -0.871. The van der Waals surface area contributed by atoms with Crippen molar-refractivity contribution in [2.75, 3.05) is 32.7 Å². The molecule has 4 aromatic rings. The van der Waals surface area contributed by atoms with Crippen LogP contribution in [-0.4, -0.2) is 204 Å². The van der Waals surface area contributed by atoms with E-state index in [9.17, 15) is 71.9 Å². The van der Waals surface area contributed by atoms with E-state index in [2.05, 4.69) is 78.8 Å². The minimum Gasteiger partial charge on any atom is -0.370 e. The first-order chi connectivity index (χ1) is 53.1. The van der Waals surface area contributed by atoms with Crippen molar-refractivity contribution in [1.82, 2.24) is 73.8 Å². The van der Waals surface area contributed by atoms with E-state index in [0.717, 1.165) is 10.9 Å². The van der Waals surface area contributed by atoms with Gasteiger partial charge in [0.25, 0.3) is 0 Å². The van der Waals surface area contributed by atoms with Crippen LogP contribution in [0.2, 0.25) is 0 Å². The van der Waals surface area contributed by atoms with Crippen LogP contribution in [0.3, 0.4) is 0 Å². The number of carbonyl (C=O) groups excluding carboxylic acids is 15. The summed E-state index contributed by atoms with van der Waals surface area (Å²) < 4.78 is 0. The molecule has 2 aromatic heterocycles. The molecule has 12 atom stereocenters. The molecule has 0 unspecified atom stereocenters.